The van der Waals surface area contributed by atoms with Gasteiger partial charge in [0.05, 0.1) is 29.4 Å². The number of amides is 1. The molecule has 9 heteroatoms. The highest BCUT2D eigenvalue weighted by Crippen LogP contribution is 2.27. The summed E-state index contributed by atoms with van der Waals surface area (Å²) in [7, 11) is 1.80. The minimum atomic E-state index is -0.246. The topological polar surface area (TPSA) is 78.2 Å². The quantitative estimate of drug-likeness (QED) is 0.359. The third-order valence-corrected chi connectivity index (χ3v) is 7.17. The first-order valence-corrected chi connectivity index (χ1v) is 12.9. The van der Waals surface area contributed by atoms with Gasteiger partial charge in [0.2, 0.25) is 5.91 Å². The molecule has 0 saturated heterocycles. The summed E-state index contributed by atoms with van der Waals surface area (Å²) in [6.45, 7) is 4.42. The zero-order chi connectivity index (χ0) is 24.1. The minimum Gasteiger partial charge on any atom is -0.494 e. The minimum absolute atomic E-state index is 0.210. The van der Waals surface area contributed by atoms with Gasteiger partial charge < -0.3 is 10.1 Å². The molecule has 0 bridgehead atoms. The molecule has 176 valence electrons. The maximum absolute atomic E-state index is 12.9. The van der Waals surface area contributed by atoms with Gasteiger partial charge in [0.25, 0.3) is 5.56 Å². The molecule has 0 atom stereocenters. The molecule has 1 amide bonds. The average molecular weight is 495 g/mol. The molecule has 2 aromatic carbocycles. The van der Waals surface area contributed by atoms with E-state index in [-0.39, 0.29) is 17.2 Å². The summed E-state index contributed by atoms with van der Waals surface area (Å²) in [5.74, 6) is 1.48. The number of rotatable bonds is 9. The second-order valence-electron chi connectivity index (χ2n) is 7.58. The van der Waals surface area contributed by atoms with E-state index in [2.05, 4.69) is 10.3 Å². The first-order valence-electron chi connectivity index (χ1n) is 10.9. The first-order chi connectivity index (χ1) is 16.5. The van der Waals surface area contributed by atoms with Crippen LogP contribution < -0.4 is 15.6 Å². The molecule has 0 unspecified atom stereocenters. The van der Waals surface area contributed by atoms with Crippen molar-refractivity contribution in [1.82, 2.24) is 14.3 Å². The number of nitrogens with zero attached hydrogens (tertiary/aromatic N) is 3. The number of nitrogens with one attached hydrogen (secondary N) is 1. The van der Waals surface area contributed by atoms with E-state index in [4.69, 9.17) is 4.74 Å². The molecular weight excluding hydrogens is 468 g/mol. The number of aromatic nitrogens is 3. The van der Waals surface area contributed by atoms with Crippen molar-refractivity contribution < 1.29 is 9.53 Å². The van der Waals surface area contributed by atoms with Crippen LogP contribution in [-0.4, -0.2) is 32.6 Å². The van der Waals surface area contributed by atoms with Crippen LogP contribution in [0, 0.1) is 6.92 Å². The van der Waals surface area contributed by atoms with E-state index in [1.165, 1.54) is 11.8 Å². The lowest BCUT2D eigenvalue weighted by molar-refractivity contribution is -0.113. The highest BCUT2D eigenvalue weighted by atomic mass is 32.2. The van der Waals surface area contributed by atoms with Gasteiger partial charge in [-0.2, -0.15) is 0 Å². The Hall–Kier alpha value is -3.30. The van der Waals surface area contributed by atoms with Gasteiger partial charge in [-0.1, -0.05) is 18.2 Å². The summed E-state index contributed by atoms with van der Waals surface area (Å²) in [5.41, 5.74) is 3.48. The molecule has 0 saturated carbocycles. The number of ether oxygens (including phenoxy) is 1. The van der Waals surface area contributed by atoms with Crippen molar-refractivity contribution in [3.8, 4) is 22.0 Å². The zero-order valence-corrected chi connectivity index (χ0v) is 20.9. The lowest BCUT2D eigenvalue weighted by Gasteiger charge is -2.07. The van der Waals surface area contributed by atoms with Gasteiger partial charge in [-0.25, -0.2) is 9.67 Å². The molecule has 1 N–H and O–H groups in total. The molecule has 4 rings (SSSR count). The number of thioether (sulfide) groups is 1. The van der Waals surface area contributed by atoms with E-state index in [0.717, 1.165) is 27.7 Å². The lowest BCUT2D eigenvalue weighted by atomic mass is 10.2. The maximum atomic E-state index is 12.9. The van der Waals surface area contributed by atoms with Crippen molar-refractivity contribution in [3.05, 3.63) is 81.7 Å². The second kappa shape index (κ2) is 10.8. The molecule has 2 heterocycles. The Kier molecular flexibility index (Phi) is 7.54. The van der Waals surface area contributed by atoms with Crippen molar-refractivity contribution in [2.24, 2.45) is 7.05 Å². The molecule has 7 nitrogen and oxygen atoms in total. The van der Waals surface area contributed by atoms with Crippen LogP contribution >= 0.6 is 23.1 Å². The zero-order valence-electron chi connectivity index (χ0n) is 19.3. The Morgan fingerprint density at radius 2 is 1.88 bits per heavy atom. The number of hydrogen-bond donors (Lipinski definition) is 1. The van der Waals surface area contributed by atoms with Crippen LogP contribution in [0.2, 0.25) is 0 Å². The third-order valence-electron chi connectivity index (χ3n) is 5.27. The Morgan fingerprint density at radius 1 is 1.15 bits per heavy atom. The van der Waals surface area contributed by atoms with Crippen LogP contribution in [-0.2, 0) is 17.6 Å². The van der Waals surface area contributed by atoms with Gasteiger partial charge in [-0.15, -0.1) is 23.1 Å². The van der Waals surface area contributed by atoms with Crippen LogP contribution in [0.1, 0.15) is 18.3 Å². The normalized spacial score (nSPS) is 10.9. The lowest BCUT2D eigenvalue weighted by Crippen LogP contribution is -2.23. The largest absolute Gasteiger partial charge is 0.494 e. The van der Waals surface area contributed by atoms with E-state index in [1.807, 2.05) is 73.8 Å². The number of carbonyl (C=O) groups excluding carboxylic acids is 1. The number of para-hydroxylation sites is 1. The first kappa shape index (κ1) is 23.8. The van der Waals surface area contributed by atoms with Gasteiger partial charge in [-0.3, -0.25) is 14.3 Å². The molecule has 0 radical (unpaired) electrons. The number of hydrogen-bond acceptors (Lipinski definition) is 6. The Bertz CT molecular complexity index is 1320. The molecule has 0 aliphatic rings. The number of carbonyl (C=O) groups is 1. The predicted molar refractivity (Wildman–Crippen MR) is 139 cm³/mol. The van der Waals surface area contributed by atoms with Crippen LogP contribution in [0.5, 0.6) is 5.75 Å². The fourth-order valence-electron chi connectivity index (χ4n) is 3.50. The number of benzene rings is 2. The second-order valence-corrected chi connectivity index (χ2v) is 9.42. The molecule has 2 aromatic heterocycles. The molecule has 4 aromatic rings. The Labute approximate surface area is 206 Å². The van der Waals surface area contributed by atoms with Crippen molar-refractivity contribution >= 4 is 34.7 Å². The summed E-state index contributed by atoms with van der Waals surface area (Å²) in [6, 6.07) is 17.2. The van der Waals surface area contributed by atoms with Crippen LogP contribution in [0.3, 0.4) is 0 Å². The Morgan fingerprint density at radius 3 is 2.59 bits per heavy atom. The van der Waals surface area contributed by atoms with Gasteiger partial charge in [-0.05, 0) is 50.2 Å². The highest BCUT2D eigenvalue weighted by Gasteiger charge is 2.18. The van der Waals surface area contributed by atoms with Gasteiger partial charge in [0.1, 0.15) is 16.4 Å². The smallest absolute Gasteiger partial charge is 0.295 e. The van der Waals surface area contributed by atoms with Crippen molar-refractivity contribution in [2.75, 3.05) is 17.7 Å². The van der Waals surface area contributed by atoms with E-state index in [0.29, 0.717) is 23.7 Å². The van der Waals surface area contributed by atoms with E-state index in [9.17, 15) is 9.59 Å². The molecular formula is C25H26N4O3S2. The summed E-state index contributed by atoms with van der Waals surface area (Å²) < 4.78 is 8.78. The third kappa shape index (κ3) is 5.26. The summed E-state index contributed by atoms with van der Waals surface area (Å²) in [6.07, 6.45) is 0. The highest BCUT2D eigenvalue weighted by molar-refractivity contribution is 7.99. The van der Waals surface area contributed by atoms with Crippen molar-refractivity contribution in [3.63, 3.8) is 0 Å². The Balaban J connectivity index is 1.35. The van der Waals surface area contributed by atoms with Gasteiger partial charge >= 0.3 is 0 Å². The van der Waals surface area contributed by atoms with Crippen molar-refractivity contribution in [2.45, 2.75) is 19.6 Å². The van der Waals surface area contributed by atoms with Crippen LogP contribution in [0.4, 0.5) is 5.69 Å². The number of thiazole rings is 1. The van der Waals surface area contributed by atoms with Crippen LogP contribution in [0.15, 0.2) is 64.8 Å². The fraction of sp³-hybridized carbons (Fsp3) is 0.240. The molecule has 0 fully saturated rings. The predicted octanol–water partition coefficient (Wildman–Crippen LogP) is 4.88. The van der Waals surface area contributed by atoms with Crippen molar-refractivity contribution in [1.29, 1.82) is 0 Å². The standard InChI is InChI=1S/C25H26N4O3S2/c1-4-32-21-12-10-18(11-13-21)24-26-19(15-34-24)14-33-16-22(30)27-23-17(2)28(3)29(25(23)31)20-8-6-5-7-9-20/h5-13,15H,4,14,16H2,1-3H3,(H,27,30). The monoisotopic (exact) mass is 494 g/mol. The molecule has 0 aliphatic heterocycles. The maximum Gasteiger partial charge on any atom is 0.295 e. The van der Waals surface area contributed by atoms with E-state index in [1.54, 1.807) is 27.7 Å². The molecule has 0 spiro atoms. The van der Waals surface area contributed by atoms with E-state index >= 15 is 0 Å². The van der Waals surface area contributed by atoms with Gasteiger partial charge in [0, 0.05) is 23.7 Å². The van der Waals surface area contributed by atoms with Gasteiger partial charge in [0.15, 0.2) is 0 Å². The summed E-state index contributed by atoms with van der Waals surface area (Å²) in [4.78, 5) is 30.2. The number of anilines is 1. The molecule has 34 heavy (non-hydrogen) atoms. The van der Waals surface area contributed by atoms with E-state index < -0.39 is 0 Å². The molecule has 0 aliphatic carbocycles. The van der Waals surface area contributed by atoms with Crippen LogP contribution in [0.25, 0.3) is 16.3 Å². The fourth-order valence-corrected chi connectivity index (χ4v) is 5.15. The SMILES string of the molecule is CCOc1ccc(-c2nc(CSCC(=O)Nc3c(C)n(C)n(-c4ccccc4)c3=O)cs2)cc1. The summed E-state index contributed by atoms with van der Waals surface area (Å²) in [5, 5.41) is 5.74. The summed E-state index contributed by atoms with van der Waals surface area (Å²) >= 11 is 3.04. The average Bonchev–Trinajstić information content (AvgIpc) is 3.39.